The van der Waals surface area contributed by atoms with Gasteiger partial charge in [0.15, 0.2) is 5.96 Å². The lowest BCUT2D eigenvalue weighted by Crippen LogP contribution is -2.44. The Labute approximate surface area is 182 Å². The maximum atomic E-state index is 12.3. The third-order valence-corrected chi connectivity index (χ3v) is 6.61. The van der Waals surface area contributed by atoms with Gasteiger partial charge in [-0.1, -0.05) is 12.8 Å². The molecule has 1 amide bonds. The van der Waals surface area contributed by atoms with Crippen molar-refractivity contribution in [3.63, 3.8) is 0 Å². The zero-order valence-electron chi connectivity index (χ0n) is 17.4. The molecule has 3 aliphatic rings. The Morgan fingerprint density at radius 3 is 2.59 bits per heavy atom. The second-order valence-electron chi connectivity index (χ2n) is 8.63. The quantitative estimate of drug-likeness (QED) is 0.278. The summed E-state index contributed by atoms with van der Waals surface area (Å²) in [4.78, 5) is 23.3. The van der Waals surface area contributed by atoms with E-state index in [1.165, 1.54) is 38.6 Å². The summed E-state index contributed by atoms with van der Waals surface area (Å²) in [6.45, 7) is 5.28. The van der Waals surface area contributed by atoms with Crippen LogP contribution in [0.15, 0.2) is 4.99 Å². The predicted octanol–water partition coefficient (Wildman–Crippen LogP) is 2.39. The summed E-state index contributed by atoms with van der Waals surface area (Å²) in [7, 11) is 5.61. The lowest BCUT2D eigenvalue weighted by Gasteiger charge is -2.27. The van der Waals surface area contributed by atoms with Gasteiger partial charge in [-0.2, -0.15) is 0 Å². The molecule has 0 aromatic heterocycles. The zero-order valence-corrected chi connectivity index (χ0v) is 19.7. The van der Waals surface area contributed by atoms with Crippen molar-refractivity contribution in [2.24, 2.45) is 10.4 Å². The second-order valence-corrected chi connectivity index (χ2v) is 8.63. The van der Waals surface area contributed by atoms with Crippen LogP contribution in [0.4, 0.5) is 0 Å². The summed E-state index contributed by atoms with van der Waals surface area (Å²) in [5.41, 5.74) is 0.576. The number of aliphatic imine (C=N–C) groups is 1. The van der Waals surface area contributed by atoms with Crippen LogP contribution in [0, 0.1) is 5.41 Å². The van der Waals surface area contributed by atoms with E-state index in [1.54, 1.807) is 4.90 Å². The van der Waals surface area contributed by atoms with Gasteiger partial charge in [0.1, 0.15) is 0 Å². The molecule has 7 heteroatoms. The fraction of sp³-hybridized carbons (Fsp3) is 0.900. The first-order valence-corrected chi connectivity index (χ1v) is 10.5. The average molecular weight is 491 g/mol. The minimum Gasteiger partial charge on any atom is -0.356 e. The molecule has 2 aliphatic heterocycles. The molecule has 1 spiro atoms. The molecule has 27 heavy (non-hydrogen) atoms. The molecule has 2 saturated heterocycles. The summed E-state index contributed by atoms with van der Waals surface area (Å²) in [6, 6.07) is 0.0881. The Morgan fingerprint density at radius 2 is 1.93 bits per heavy atom. The highest BCUT2D eigenvalue weighted by molar-refractivity contribution is 14.0. The van der Waals surface area contributed by atoms with Crippen LogP contribution in [0.2, 0.25) is 0 Å². The SMILES string of the molecule is CN=C(NCCCN1CCCC1C(=O)N(C)C)N1CCC2(CCCC2)C1.I. The first-order valence-electron chi connectivity index (χ1n) is 10.5. The minimum absolute atomic E-state index is 0. The monoisotopic (exact) mass is 491 g/mol. The van der Waals surface area contributed by atoms with Gasteiger partial charge >= 0.3 is 0 Å². The molecule has 1 atom stereocenters. The van der Waals surface area contributed by atoms with Gasteiger partial charge in [0.25, 0.3) is 0 Å². The van der Waals surface area contributed by atoms with E-state index in [2.05, 4.69) is 20.1 Å². The third-order valence-electron chi connectivity index (χ3n) is 6.61. The molecule has 1 saturated carbocycles. The average Bonchev–Trinajstić information content (AvgIpc) is 3.37. The summed E-state index contributed by atoms with van der Waals surface area (Å²) in [5.74, 6) is 1.32. The van der Waals surface area contributed by atoms with Crippen LogP contribution in [0.5, 0.6) is 0 Å². The van der Waals surface area contributed by atoms with Crippen LogP contribution < -0.4 is 5.32 Å². The normalized spacial score (nSPS) is 25.1. The molecule has 1 aliphatic carbocycles. The highest BCUT2D eigenvalue weighted by Crippen LogP contribution is 2.45. The number of halogens is 1. The number of likely N-dealkylation sites (N-methyl/N-ethyl adjacent to an activating group) is 1. The van der Waals surface area contributed by atoms with E-state index in [0.717, 1.165) is 51.4 Å². The van der Waals surface area contributed by atoms with E-state index < -0.39 is 0 Å². The van der Waals surface area contributed by atoms with E-state index in [1.807, 2.05) is 21.1 Å². The third kappa shape index (κ3) is 5.49. The maximum absolute atomic E-state index is 12.3. The molecule has 3 fully saturated rings. The molecule has 6 nitrogen and oxygen atoms in total. The summed E-state index contributed by atoms with van der Waals surface area (Å²) in [6.07, 6.45) is 10.1. The molecular weight excluding hydrogens is 453 g/mol. The van der Waals surface area contributed by atoms with Gasteiger partial charge in [0.2, 0.25) is 5.91 Å². The van der Waals surface area contributed by atoms with Crippen molar-refractivity contribution in [1.29, 1.82) is 0 Å². The number of hydrogen-bond acceptors (Lipinski definition) is 3. The molecule has 0 radical (unpaired) electrons. The van der Waals surface area contributed by atoms with Gasteiger partial charge in [0, 0.05) is 47.3 Å². The van der Waals surface area contributed by atoms with Crippen molar-refractivity contribution >= 4 is 35.8 Å². The molecule has 2 heterocycles. The number of nitrogens with one attached hydrogen (secondary N) is 1. The van der Waals surface area contributed by atoms with Crippen LogP contribution in [0.25, 0.3) is 0 Å². The molecule has 0 aromatic rings. The smallest absolute Gasteiger partial charge is 0.239 e. The van der Waals surface area contributed by atoms with E-state index in [-0.39, 0.29) is 35.9 Å². The minimum atomic E-state index is 0. The number of carbonyl (C=O) groups is 1. The second kappa shape index (κ2) is 10.3. The van der Waals surface area contributed by atoms with Gasteiger partial charge in [-0.25, -0.2) is 0 Å². The molecule has 3 rings (SSSR count). The summed E-state index contributed by atoms with van der Waals surface area (Å²) >= 11 is 0. The van der Waals surface area contributed by atoms with Crippen LogP contribution in [-0.2, 0) is 4.79 Å². The fourth-order valence-electron chi connectivity index (χ4n) is 5.14. The first kappa shape index (κ1) is 22.7. The number of carbonyl (C=O) groups excluding carboxylic acids is 1. The van der Waals surface area contributed by atoms with Crippen LogP contribution in [-0.4, -0.2) is 86.5 Å². The van der Waals surface area contributed by atoms with Gasteiger partial charge in [-0.15, -0.1) is 24.0 Å². The molecule has 0 bridgehead atoms. The Bertz CT molecular complexity index is 519. The Kier molecular flexibility index (Phi) is 8.65. The maximum Gasteiger partial charge on any atom is 0.239 e. The van der Waals surface area contributed by atoms with Gasteiger partial charge in [0.05, 0.1) is 6.04 Å². The van der Waals surface area contributed by atoms with Gasteiger partial charge in [-0.3, -0.25) is 14.7 Å². The van der Waals surface area contributed by atoms with Crippen LogP contribution in [0.3, 0.4) is 0 Å². The van der Waals surface area contributed by atoms with Crippen molar-refractivity contribution in [2.45, 2.75) is 57.4 Å². The molecule has 1 unspecified atom stereocenters. The first-order chi connectivity index (χ1) is 12.5. The van der Waals surface area contributed by atoms with E-state index in [9.17, 15) is 4.79 Å². The number of rotatable bonds is 5. The van der Waals surface area contributed by atoms with Crippen LogP contribution >= 0.6 is 24.0 Å². The lowest BCUT2D eigenvalue weighted by atomic mass is 9.86. The Morgan fingerprint density at radius 1 is 1.19 bits per heavy atom. The highest BCUT2D eigenvalue weighted by Gasteiger charge is 2.41. The number of guanidine groups is 1. The fourth-order valence-corrected chi connectivity index (χ4v) is 5.14. The Hall–Kier alpha value is -0.570. The van der Waals surface area contributed by atoms with Crippen molar-refractivity contribution in [3.8, 4) is 0 Å². The summed E-state index contributed by atoms with van der Waals surface area (Å²) < 4.78 is 0. The van der Waals surface area contributed by atoms with Gasteiger partial charge < -0.3 is 15.1 Å². The standard InChI is InChI=1S/C20H37N5O.HI/c1-21-19(25-15-11-20(16-25)9-4-5-10-20)22-12-7-14-24-13-6-8-17(24)18(26)23(2)3;/h17H,4-16H2,1-3H3,(H,21,22);1H. The number of amides is 1. The summed E-state index contributed by atoms with van der Waals surface area (Å²) in [5, 5.41) is 3.56. The largest absolute Gasteiger partial charge is 0.356 e. The highest BCUT2D eigenvalue weighted by atomic mass is 127. The zero-order chi connectivity index (χ0) is 18.6. The van der Waals surface area contributed by atoms with Crippen molar-refractivity contribution in [3.05, 3.63) is 0 Å². The van der Waals surface area contributed by atoms with E-state index in [4.69, 9.17) is 0 Å². The number of hydrogen-bond donors (Lipinski definition) is 1. The molecular formula is C20H38IN5O. The number of likely N-dealkylation sites (tertiary alicyclic amines) is 2. The van der Waals surface area contributed by atoms with E-state index >= 15 is 0 Å². The molecule has 1 N–H and O–H groups in total. The molecule has 0 aromatic carbocycles. The van der Waals surface area contributed by atoms with Gasteiger partial charge in [-0.05, 0) is 50.5 Å². The predicted molar refractivity (Wildman–Crippen MR) is 122 cm³/mol. The van der Waals surface area contributed by atoms with Crippen molar-refractivity contribution in [1.82, 2.24) is 20.0 Å². The molecule has 156 valence electrons. The Balaban J connectivity index is 0.00000261. The number of nitrogens with zero attached hydrogens (tertiary/aromatic N) is 4. The van der Waals surface area contributed by atoms with Crippen molar-refractivity contribution < 1.29 is 4.79 Å². The van der Waals surface area contributed by atoms with Crippen LogP contribution in [0.1, 0.15) is 51.4 Å². The van der Waals surface area contributed by atoms with E-state index in [0.29, 0.717) is 5.41 Å². The lowest BCUT2D eigenvalue weighted by molar-refractivity contribution is -0.133. The topological polar surface area (TPSA) is 51.2 Å². The van der Waals surface area contributed by atoms with Crippen molar-refractivity contribution in [2.75, 3.05) is 53.9 Å².